The Kier molecular flexibility index (Phi) is 8.96. The van der Waals surface area contributed by atoms with Crippen molar-refractivity contribution in [1.82, 2.24) is 15.0 Å². The number of rotatable bonds is 9. The molecule has 0 aliphatic carbocycles. The third kappa shape index (κ3) is 8.09. The van der Waals surface area contributed by atoms with Gasteiger partial charge in [-0.2, -0.15) is 62.7 Å². The van der Waals surface area contributed by atoms with E-state index in [4.69, 9.17) is 14.2 Å². The van der Waals surface area contributed by atoms with Gasteiger partial charge in [-0.15, -0.1) is 4.98 Å². The molecular weight excluding hydrogens is 580 g/mol. The molecule has 0 radical (unpaired) electrons. The molecule has 0 amide bonds. The van der Waals surface area contributed by atoms with Crippen LogP contribution in [0.4, 0.5) is 64.3 Å². The molecule has 1 heterocycles. The standard InChI is InChI=1S/C18H14F12N4O5/c1-35-7-4-6(5-8(36-2)9(7)37-3)31-12-32-13(38-10(15(19,20)21)16(22,23)24)34-14(33-12)39-11(17(25,26)27)18(28,29)30/h4-5,10-11H,1-3H3,(H,31,32,33,34). The van der Waals surface area contributed by atoms with Crippen LogP contribution < -0.4 is 29.0 Å². The molecule has 1 aromatic heterocycles. The number of ether oxygens (including phenoxy) is 5. The van der Waals surface area contributed by atoms with Crippen LogP contribution in [0.2, 0.25) is 0 Å². The predicted molar refractivity (Wildman–Crippen MR) is 102 cm³/mol. The first kappa shape index (κ1) is 31.4. The third-order valence-electron chi connectivity index (χ3n) is 4.15. The van der Waals surface area contributed by atoms with Gasteiger partial charge < -0.3 is 29.0 Å². The minimum atomic E-state index is -6.16. The SMILES string of the molecule is COc1cc(Nc2nc(OC(C(F)(F)F)C(F)(F)F)nc(OC(C(F)(F)F)C(F)(F)F)n2)cc(OC)c1OC. The number of alkyl halides is 12. The van der Waals surface area contributed by atoms with E-state index in [0.29, 0.717) is 0 Å². The number of hydrogen-bond acceptors (Lipinski definition) is 9. The Balaban J connectivity index is 2.65. The summed E-state index contributed by atoms with van der Waals surface area (Å²) in [5.74, 6) is -1.39. The van der Waals surface area contributed by atoms with Gasteiger partial charge in [0.15, 0.2) is 11.5 Å². The maximum absolute atomic E-state index is 12.9. The van der Waals surface area contributed by atoms with Crippen LogP contribution in [0.25, 0.3) is 0 Å². The van der Waals surface area contributed by atoms with Crippen LogP contribution in [0.15, 0.2) is 12.1 Å². The average molecular weight is 594 g/mol. The van der Waals surface area contributed by atoms with E-state index >= 15 is 0 Å². The molecule has 0 atom stereocenters. The Morgan fingerprint density at radius 2 is 0.949 bits per heavy atom. The highest BCUT2D eigenvalue weighted by Gasteiger charge is 2.61. The van der Waals surface area contributed by atoms with E-state index in [0.717, 1.165) is 26.4 Å². The lowest BCUT2D eigenvalue weighted by molar-refractivity contribution is -0.302. The second-order valence-electron chi connectivity index (χ2n) is 6.93. The summed E-state index contributed by atoms with van der Waals surface area (Å²) < 4.78 is 177. The van der Waals surface area contributed by atoms with Gasteiger partial charge in [0, 0.05) is 17.8 Å². The van der Waals surface area contributed by atoms with Gasteiger partial charge in [0.1, 0.15) is 0 Å². The third-order valence-corrected chi connectivity index (χ3v) is 4.15. The van der Waals surface area contributed by atoms with Crippen molar-refractivity contribution in [3.05, 3.63) is 12.1 Å². The molecule has 0 bridgehead atoms. The van der Waals surface area contributed by atoms with Crippen LogP contribution in [0.1, 0.15) is 0 Å². The maximum atomic E-state index is 12.9. The second-order valence-corrected chi connectivity index (χ2v) is 6.93. The van der Waals surface area contributed by atoms with E-state index in [1.54, 1.807) is 0 Å². The van der Waals surface area contributed by atoms with Crippen LogP contribution in [0, 0.1) is 0 Å². The molecule has 0 saturated heterocycles. The molecule has 2 rings (SSSR count). The zero-order chi connectivity index (χ0) is 30.0. The van der Waals surface area contributed by atoms with Crippen LogP contribution in [0.3, 0.4) is 0 Å². The number of hydrogen-bond donors (Lipinski definition) is 1. The summed E-state index contributed by atoms with van der Waals surface area (Å²) in [4.78, 5) is 8.77. The summed E-state index contributed by atoms with van der Waals surface area (Å²) >= 11 is 0. The van der Waals surface area contributed by atoms with Gasteiger partial charge in [-0.3, -0.25) is 0 Å². The fourth-order valence-corrected chi connectivity index (χ4v) is 2.63. The molecule has 21 heteroatoms. The molecule has 0 aliphatic heterocycles. The van der Waals surface area contributed by atoms with Gasteiger partial charge in [0.25, 0.3) is 12.2 Å². The van der Waals surface area contributed by atoms with Gasteiger partial charge in [-0.05, 0) is 0 Å². The van der Waals surface area contributed by atoms with E-state index in [1.165, 1.54) is 7.11 Å². The van der Waals surface area contributed by atoms with E-state index in [9.17, 15) is 52.7 Å². The highest BCUT2D eigenvalue weighted by atomic mass is 19.4. The Morgan fingerprint density at radius 3 is 1.23 bits per heavy atom. The lowest BCUT2D eigenvalue weighted by atomic mass is 10.2. The van der Waals surface area contributed by atoms with E-state index in [-0.39, 0.29) is 22.9 Å². The smallest absolute Gasteiger partial charge is 0.434 e. The quantitative estimate of drug-likeness (QED) is 0.384. The molecule has 0 fully saturated rings. The molecule has 0 spiro atoms. The molecule has 0 unspecified atom stereocenters. The van der Waals surface area contributed by atoms with Gasteiger partial charge in [-0.1, -0.05) is 0 Å². The summed E-state index contributed by atoms with van der Waals surface area (Å²) in [5.41, 5.74) is -0.251. The molecule has 220 valence electrons. The normalized spacial score (nSPS) is 12.9. The van der Waals surface area contributed by atoms with Crippen molar-refractivity contribution in [3.8, 4) is 29.3 Å². The Bertz CT molecular complexity index is 1030. The summed E-state index contributed by atoms with van der Waals surface area (Å²) in [7, 11) is 3.48. The van der Waals surface area contributed by atoms with Crippen LogP contribution >= 0.6 is 0 Å². The second kappa shape index (κ2) is 11.1. The topological polar surface area (TPSA) is 96.9 Å². The first-order valence-electron chi connectivity index (χ1n) is 9.64. The molecule has 2 aromatic rings. The molecule has 39 heavy (non-hydrogen) atoms. The molecule has 1 aromatic carbocycles. The number of anilines is 2. The Labute approximate surface area is 209 Å². The fraction of sp³-hybridized carbons (Fsp3) is 0.500. The lowest BCUT2D eigenvalue weighted by Gasteiger charge is -2.24. The molecular formula is C18H14F12N4O5. The minimum Gasteiger partial charge on any atom is -0.493 e. The van der Waals surface area contributed by atoms with Crippen molar-refractivity contribution in [2.75, 3.05) is 26.6 Å². The minimum absolute atomic E-state index is 0.00867. The van der Waals surface area contributed by atoms with Crippen molar-refractivity contribution >= 4 is 11.6 Å². The number of nitrogens with zero attached hydrogens (tertiary/aromatic N) is 3. The zero-order valence-electron chi connectivity index (χ0n) is 19.2. The molecule has 0 aliphatic rings. The number of methoxy groups -OCH3 is 3. The van der Waals surface area contributed by atoms with Crippen molar-refractivity contribution in [2.45, 2.75) is 36.9 Å². The molecule has 9 nitrogen and oxygen atoms in total. The predicted octanol–water partition coefficient (Wildman–Crippen LogP) is 5.39. The summed E-state index contributed by atoms with van der Waals surface area (Å²) in [6.45, 7) is 0. The summed E-state index contributed by atoms with van der Waals surface area (Å²) in [5, 5.41) is 2.12. The van der Waals surface area contributed by atoms with E-state index in [2.05, 4.69) is 29.7 Å². The molecule has 1 N–H and O–H groups in total. The monoisotopic (exact) mass is 594 g/mol. The molecule has 0 saturated carbocycles. The van der Waals surface area contributed by atoms with Crippen molar-refractivity contribution in [1.29, 1.82) is 0 Å². The zero-order valence-corrected chi connectivity index (χ0v) is 19.2. The fourth-order valence-electron chi connectivity index (χ4n) is 2.63. The van der Waals surface area contributed by atoms with Gasteiger partial charge in [0.2, 0.25) is 11.7 Å². The summed E-state index contributed by atoms with van der Waals surface area (Å²) in [6, 6.07) is -1.85. The van der Waals surface area contributed by atoms with Crippen LogP contribution in [-0.4, -0.2) is 73.2 Å². The number of benzene rings is 1. The van der Waals surface area contributed by atoms with Gasteiger partial charge in [0.05, 0.1) is 21.3 Å². The maximum Gasteiger partial charge on any atom is 0.434 e. The van der Waals surface area contributed by atoms with E-state index < -0.39 is 54.9 Å². The number of halogens is 12. The van der Waals surface area contributed by atoms with Crippen LogP contribution in [0.5, 0.6) is 29.3 Å². The Hall–Kier alpha value is -3.81. The van der Waals surface area contributed by atoms with E-state index in [1.807, 2.05) is 0 Å². The number of aromatic nitrogens is 3. The largest absolute Gasteiger partial charge is 0.493 e. The summed E-state index contributed by atoms with van der Waals surface area (Å²) in [6.07, 6.45) is -33.9. The Morgan fingerprint density at radius 1 is 0.590 bits per heavy atom. The first-order chi connectivity index (χ1) is 17.7. The van der Waals surface area contributed by atoms with Crippen LogP contribution in [-0.2, 0) is 0 Å². The van der Waals surface area contributed by atoms with Crippen molar-refractivity contribution in [3.63, 3.8) is 0 Å². The van der Waals surface area contributed by atoms with Crippen molar-refractivity contribution < 1.29 is 76.4 Å². The first-order valence-corrected chi connectivity index (χ1v) is 9.64. The highest BCUT2D eigenvalue weighted by Crippen LogP contribution is 2.41. The lowest BCUT2D eigenvalue weighted by Crippen LogP contribution is -2.47. The van der Waals surface area contributed by atoms with Gasteiger partial charge in [-0.25, -0.2) is 0 Å². The highest BCUT2D eigenvalue weighted by molar-refractivity contribution is 5.65. The number of nitrogens with one attached hydrogen (secondary N) is 1. The van der Waals surface area contributed by atoms with Gasteiger partial charge >= 0.3 is 36.7 Å². The average Bonchev–Trinajstić information content (AvgIpc) is 2.77. The van der Waals surface area contributed by atoms with Crippen molar-refractivity contribution in [2.24, 2.45) is 0 Å².